The Labute approximate surface area is 126 Å². The van der Waals surface area contributed by atoms with E-state index in [0.717, 1.165) is 12.0 Å². The van der Waals surface area contributed by atoms with E-state index < -0.39 is 11.5 Å². The monoisotopic (exact) mass is 310 g/mol. The van der Waals surface area contributed by atoms with Gasteiger partial charge in [0.1, 0.15) is 5.54 Å². The molecule has 2 amide bonds. The Morgan fingerprint density at radius 1 is 1.38 bits per heavy atom. The van der Waals surface area contributed by atoms with E-state index in [4.69, 9.17) is 4.74 Å². The molecule has 1 aromatic heterocycles. The normalized spacial score (nSPS) is 20.7. The quantitative estimate of drug-likeness (QED) is 0.866. The molecule has 0 saturated carbocycles. The first kappa shape index (κ1) is 14.3. The zero-order valence-electron chi connectivity index (χ0n) is 11.6. The van der Waals surface area contributed by atoms with Crippen LogP contribution in [0.25, 0.3) is 0 Å². The third kappa shape index (κ3) is 2.75. The van der Waals surface area contributed by atoms with E-state index in [1.165, 1.54) is 4.88 Å². The highest BCUT2D eigenvalue weighted by Crippen LogP contribution is 2.26. The zero-order valence-corrected chi connectivity index (χ0v) is 12.4. The number of nitrogens with one attached hydrogen (secondary N) is 1. The predicted molar refractivity (Wildman–Crippen MR) is 77.4 cm³/mol. The number of carboxylic acid groups (broad SMARTS) is 1. The molecule has 6 nitrogen and oxygen atoms in total. The Hall–Kier alpha value is -1.60. The average molecular weight is 310 g/mol. The maximum absolute atomic E-state index is 12.4. The highest BCUT2D eigenvalue weighted by atomic mass is 32.1. The summed E-state index contributed by atoms with van der Waals surface area (Å²) in [5.41, 5.74) is -0.0256. The lowest BCUT2D eigenvalue weighted by atomic mass is 9.90. The fourth-order valence-corrected chi connectivity index (χ4v) is 3.71. The zero-order chi connectivity index (χ0) is 14.9. The number of hydrogen-bond acceptors (Lipinski definition) is 4. The van der Waals surface area contributed by atoms with E-state index in [1.54, 1.807) is 16.2 Å². The molecule has 1 fully saturated rings. The van der Waals surface area contributed by atoms with Gasteiger partial charge in [0.05, 0.1) is 0 Å². The molecular weight excluding hydrogens is 292 g/mol. The van der Waals surface area contributed by atoms with Gasteiger partial charge in [0.25, 0.3) is 0 Å². The number of fused-ring (bicyclic) bond motifs is 1. The fraction of sp³-hybridized carbons (Fsp3) is 0.571. The van der Waals surface area contributed by atoms with Crippen LogP contribution in [0.15, 0.2) is 11.4 Å². The lowest BCUT2D eigenvalue weighted by Gasteiger charge is -2.36. The molecule has 21 heavy (non-hydrogen) atoms. The molecule has 7 heteroatoms. The van der Waals surface area contributed by atoms with Crippen molar-refractivity contribution in [2.75, 3.05) is 19.8 Å². The SMILES string of the molecule is O=C(NC1(C(=O)O)CCOCC1)N1CCc2sccc2C1. The molecule has 0 aliphatic carbocycles. The van der Waals surface area contributed by atoms with Crippen LogP contribution in [-0.2, 0) is 22.5 Å². The summed E-state index contributed by atoms with van der Waals surface area (Å²) in [7, 11) is 0. The molecule has 3 heterocycles. The predicted octanol–water partition coefficient (Wildman–Crippen LogP) is 1.45. The number of thiophene rings is 1. The molecule has 0 radical (unpaired) electrons. The van der Waals surface area contributed by atoms with Gasteiger partial charge in [-0.15, -0.1) is 11.3 Å². The summed E-state index contributed by atoms with van der Waals surface area (Å²) in [5, 5.41) is 14.2. The van der Waals surface area contributed by atoms with Crippen LogP contribution in [0.4, 0.5) is 4.79 Å². The molecule has 1 saturated heterocycles. The van der Waals surface area contributed by atoms with Crippen molar-refractivity contribution in [2.24, 2.45) is 0 Å². The van der Waals surface area contributed by atoms with Crippen LogP contribution in [0.1, 0.15) is 23.3 Å². The lowest BCUT2D eigenvalue weighted by Crippen LogP contribution is -2.60. The summed E-state index contributed by atoms with van der Waals surface area (Å²) in [6.45, 7) is 1.91. The molecule has 2 aliphatic rings. The molecule has 3 rings (SSSR count). The van der Waals surface area contributed by atoms with Crippen LogP contribution < -0.4 is 5.32 Å². The molecule has 2 aliphatic heterocycles. The van der Waals surface area contributed by atoms with Crippen molar-refractivity contribution in [1.82, 2.24) is 10.2 Å². The van der Waals surface area contributed by atoms with Gasteiger partial charge in [-0.3, -0.25) is 0 Å². The summed E-state index contributed by atoms with van der Waals surface area (Å²) >= 11 is 1.71. The van der Waals surface area contributed by atoms with Crippen LogP contribution in [0, 0.1) is 0 Å². The van der Waals surface area contributed by atoms with Gasteiger partial charge in [0, 0.05) is 44.0 Å². The third-order valence-electron chi connectivity index (χ3n) is 4.20. The van der Waals surface area contributed by atoms with Crippen LogP contribution in [0.2, 0.25) is 0 Å². The summed E-state index contributed by atoms with van der Waals surface area (Å²) < 4.78 is 5.21. The second-order valence-electron chi connectivity index (χ2n) is 5.47. The number of urea groups is 1. The van der Waals surface area contributed by atoms with E-state index in [0.29, 0.717) is 39.1 Å². The Bertz CT molecular complexity index is 551. The number of carbonyl (C=O) groups is 2. The Morgan fingerprint density at radius 3 is 2.86 bits per heavy atom. The molecule has 0 bridgehead atoms. The molecule has 2 N–H and O–H groups in total. The van der Waals surface area contributed by atoms with E-state index in [1.807, 2.05) is 11.4 Å². The number of aliphatic carboxylic acids is 1. The van der Waals surface area contributed by atoms with Crippen molar-refractivity contribution in [1.29, 1.82) is 0 Å². The van der Waals surface area contributed by atoms with Crippen molar-refractivity contribution >= 4 is 23.3 Å². The maximum Gasteiger partial charge on any atom is 0.329 e. The molecule has 0 atom stereocenters. The van der Waals surface area contributed by atoms with Crippen molar-refractivity contribution in [3.05, 3.63) is 21.9 Å². The molecule has 0 aromatic carbocycles. The first-order valence-corrected chi connectivity index (χ1v) is 7.92. The minimum atomic E-state index is -1.19. The minimum Gasteiger partial charge on any atom is -0.480 e. The van der Waals surface area contributed by atoms with E-state index in [2.05, 4.69) is 5.32 Å². The number of rotatable bonds is 2. The lowest BCUT2D eigenvalue weighted by molar-refractivity contribution is -0.148. The van der Waals surface area contributed by atoms with E-state index in [9.17, 15) is 14.7 Å². The minimum absolute atomic E-state index is 0.295. The summed E-state index contributed by atoms with van der Waals surface area (Å²) in [6.07, 6.45) is 1.46. The Morgan fingerprint density at radius 2 is 2.14 bits per heavy atom. The third-order valence-corrected chi connectivity index (χ3v) is 5.22. The molecule has 114 valence electrons. The second-order valence-corrected chi connectivity index (χ2v) is 6.47. The van der Waals surface area contributed by atoms with Gasteiger partial charge in [-0.05, 0) is 23.4 Å². The summed E-state index contributed by atoms with van der Waals surface area (Å²) in [6, 6.07) is 1.73. The van der Waals surface area contributed by atoms with Gasteiger partial charge < -0.3 is 20.1 Å². The van der Waals surface area contributed by atoms with Gasteiger partial charge in [-0.25, -0.2) is 9.59 Å². The van der Waals surface area contributed by atoms with Crippen LogP contribution in [0.5, 0.6) is 0 Å². The number of ether oxygens (including phenoxy) is 1. The fourth-order valence-electron chi connectivity index (χ4n) is 2.82. The number of amides is 2. The number of carboxylic acids is 1. The number of hydrogen-bond donors (Lipinski definition) is 2. The summed E-state index contributed by atoms with van der Waals surface area (Å²) in [4.78, 5) is 27.0. The number of carbonyl (C=O) groups excluding carboxylic acids is 1. The average Bonchev–Trinajstić information content (AvgIpc) is 2.95. The molecular formula is C14H18N2O4S. The molecule has 0 spiro atoms. The Kier molecular flexibility index (Phi) is 3.86. The van der Waals surface area contributed by atoms with Gasteiger partial charge in [-0.2, -0.15) is 0 Å². The van der Waals surface area contributed by atoms with Crippen molar-refractivity contribution in [3.8, 4) is 0 Å². The van der Waals surface area contributed by atoms with Crippen molar-refractivity contribution in [3.63, 3.8) is 0 Å². The van der Waals surface area contributed by atoms with Crippen LogP contribution in [0.3, 0.4) is 0 Å². The topological polar surface area (TPSA) is 78.9 Å². The smallest absolute Gasteiger partial charge is 0.329 e. The largest absolute Gasteiger partial charge is 0.480 e. The van der Waals surface area contributed by atoms with Gasteiger partial charge in [0.15, 0.2) is 0 Å². The first-order valence-electron chi connectivity index (χ1n) is 7.04. The first-order chi connectivity index (χ1) is 10.1. The maximum atomic E-state index is 12.4. The van der Waals surface area contributed by atoms with Crippen molar-refractivity contribution in [2.45, 2.75) is 31.3 Å². The van der Waals surface area contributed by atoms with Gasteiger partial charge in [0.2, 0.25) is 0 Å². The van der Waals surface area contributed by atoms with Gasteiger partial charge >= 0.3 is 12.0 Å². The van der Waals surface area contributed by atoms with Gasteiger partial charge in [-0.1, -0.05) is 0 Å². The molecule has 0 unspecified atom stereocenters. The van der Waals surface area contributed by atoms with E-state index in [-0.39, 0.29) is 6.03 Å². The number of nitrogens with zero attached hydrogens (tertiary/aromatic N) is 1. The highest BCUT2D eigenvalue weighted by Gasteiger charge is 2.42. The second kappa shape index (κ2) is 5.65. The standard InChI is InChI=1S/C14H18N2O4S/c17-12(18)14(3-6-20-7-4-14)15-13(19)16-5-1-11-10(9-16)2-8-21-11/h2,8H,1,3-7,9H2,(H,15,19)(H,17,18). The van der Waals surface area contributed by atoms with Crippen molar-refractivity contribution < 1.29 is 19.4 Å². The van der Waals surface area contributed by atoms with Crippen LogP contribution in [-0.4, -0.2) is 47.3 Å². The van der Waals surface area contributed by atoms with E-state index >= 15 is 0 Å². The van der Waals surface area contributed by atoms with Crippen LogP contribution >= 0.6 is 11.3 Å². The highest BCUT2D eigenvalue weighted by molar-refractivity contribution is 7.10. The Balaban J connectivity index is 1.69. The molecule has 1 aromatic rings. The summed E-state index contributed by atoms with van der Waals surface area (Å²) in [5.74, 6) is -0.979.